The first-order chi connectivity index (χ1) is 8.07. The van der Waals surface area contributed by atoms with Gasteiger partial charge in [0.2, 0.25) is 0 Å². The van der Waals surface area contributed by atoms with Crippen molar-refractivity contribution in [1.29, 1.82) is 0 Å². The van der Waals surface area contributed by atoms with Crippen molar-refractivity contribution < 1.29 is 4.74 Å². The Morgan fingerprint density at radius 3 is 2.35 bits per heavy atom. The Hall–Kier alpha value is -0.400. The number of hydrogen-bond donors (Lipinski definition) is 0. The summed E-state index contributed by atoms with van der Waals surface area (Å²) in [5.74, 6) is 2.48. The monoisotopic (exact) mass is 274 g/mol. The van der Waals surface area contributed by atoms with Crippen LogP contribution in [0.25, 0.3) is 0 Å². The molecule has 96 valence electrons. The first-order valence-corrected chi connectivity index (χ1v) is 6.89. The molecule has 1 nitrogen and oxygen atoms in total. The molecule has 0 amide bonds. The summed E-state index contributed by atoms with van der Waals surface area (Å²) in [4.78, 5) is 0. The highest BCUT2D eigenvalue weighted by Crippen LogP contribution is 2.35. The van der Waals surface area contributed by atoms with Crippen LogP contribution in [0.4, 0.5) is 0 Å². The van der Waals surface area contributed by atoms with Crippen molar-refractivity contribution in [2.24, 2.45) is 11.3 Å². The quantitative estimate of drug-likeness (QED) is 0.701. The maximum Gasteiger partial charge on any atom is 0.119 e. The van der Waals surface area contributed by atoms with Gasteiger partial charge in [-0.05, 0) is 30.0 Å². The van der Waals surface area contributed by atoms with Crippen LogP contribution in [0.1, 0.15) is 19.4 Å². The SMILES string of the molecule is COc1cccc(CC(CCl)(CCl)C(C)C)c1. The molecule has 1 aromatic carbocycles. The van der Waals surface area contributed by atoms with E-state index < -0.39 is 0 Å². The van der Waals surface area contributed by atoms with Crippen LogP contribution in [-0.2, 0) is 6.42 Å². The van der Waals surface area contributed by atoms with E-state index in [2.05, 4.69) is 26.0 Å². The molecule has 0 aliphatic heterocycles. The molecule has 0 saturated carbocycles. The smallest absolute Gasteiger partial charge is 0.119 e. The van der Waals surface area contributed by atoms with Gasteiger partial charge in [0.15, 0.2) is 0 Å². The number of hydrogen-bond acceptors (Lipinski definition) is 1. The van der Waals surface area contributed by atoms with Crippen LogP contribution in [-0.4, -0.2) is 18.9 Å². The van der Waals surface area contributed by atoms with Crippen LogP contribution in [0.3, 0.4) is 0 Å². The minimum Gasteiger partial charge on any atom is -0.497 e. The van der Waals surface area contributed by atoms with Gasteiger partial charge in [0, 0.05) is 17.2 Å². The summed E-state index contributed by atoms with van der Waals surface area (Å²) in [6.07, 6.45) is 0.884. The van der Waals surface area contributed by atoms with Gasteiger partial charge in [-0.25, -0.2) is 0 Å². The van der Waals surface area contributed by atoms with Gasteiger partial charge in [-0.3, -0.25) is 0 Å². The zero-order valence-corrected chi connectivity index (χ0v) is 12.2. The van der Waals surface area contributed by atoms with E-state index in [4.69, 9.17) is 27.9 Å². The predicted molar refractivity (Wildman–Crippen MR) is 75.4 cm³/mol. The minimum absolute atomic E-state index is 0.0462. The standard InChI is InChI=1S/C14H20Cl2O/c1-11(2)14(9-15,10-16)8-12-5-4-6-13(7-12)17-3/h4-7,11H,8-10H2,1-3H3. The number of halogens is 2. The molecule has 0 radical (unpaired) electrons. The summed E-state index contributed by atoms with van der Waals surface area (Å²) in [7, 11) is 1.68. The Kier molecular flexibility index (Phi) is 5.61. The Morgan fingerprint density at radius 1 is 1.24 bits per heavy atom. The van der Waals surface area contributed by atoms with E-state index in [9.17, 15) is 0 Å². The highest BCUT2D eigenvalue weighted by molar-refractivity contribution is 6.21. The highest BCUT2D eigenvalue weighted by Gasteiger charge is 2.32. The van der Waals surface area contributed by atoms with E-state index in [1.165, 1.54) is 5.56 Å². The van der Waals surface area contributed by atoms with Gasteiger partial charge in [0.05, 0.1) is 7.11 Å². The Bertz CT molecular complexity index is 346. The lowest BCUT2D eigenvalue weighted by Crippen LogP contribution is -2.34. The summed E-state index contributed by atoms with van der Waals surface area (Å²) in [6, 6.07) is 8.10. The fourth-order valence-electron chi connectivity index (χ4n) is 1.83. The lowest BCUT2D eigenvalue weighted by atomic mass is 9.76. The van der Waals surface area contributed by atoms with Crippen molar-refractivity contribution in [2.45, 2.75) is 20.3 Å². The predicted octanol–water partition coefficient (Wildman–Crippen LogP) is 4.36. The van der Waals surface area contributed by atoms with Crippen LogP contribution < -0.4 is 4.74 Å². The van der Waals surface area contributed by atoms with Gasteiger partial charge in [-0.15, -0.1) is 23.2 Å². The van der Waals surface area contributed by atoms with Gasteiger partial charge < -0.3 is 4.74 Å². The van der Waals surface area contributed by atoms with Crippen molar-refractivity contribution in [3.8, 4) is 5.75 Å². The third-order valence-corrected chi connectivity index (χ3v) is 4.51. The summed E-state index contributed by atoms with van der Waals surface area (Å²) in [5, 5.41) is 0. The van der Waals surface area contributed by atoms with Crippen molar-refractivity contribution in [2.75, 3.05) is 18.9 Å². The molecule has 17 heavy (non-hydrogen) atoms. The molecular weight excluding hydrogens is 255 g/mol. The lowest BCUT2D eigenvalue weighted by molar-refractivity contribution is 0.258. The van der Waals surface area contributed by atoms with Crippen molar-refractivity contribution >= 4 is 23.2 Å². The normalized spacial score (nSPS) is 11.9. The van der Waals surface area contributed by atoms with Crippen LogP contribution >= 0.6 is 23.2 Å². The van der Waals surface area contributed by atoms with Gasteiger partial charge in [-0.2, -0.15) is 0 Å². The van der Waals surface area contributed by atoms with E-state index in [1.54, 1.807) is 7.11 Å². The second-order valence-corrected chi connectivity index (χ2v) is 5.35. The Balaban J connectivity index is 2.93. The molecule has 0 saturated heterocycles. The summed E-state index contributed by atoms with van der Waals surface area (Å²) in [5.41, 5.74) is 1.18. The Morgan fingerprint density at radius 2 is 1.88 bits per heavy atom. The van der Waals surface area contributed by atoms with Crippen molar-refractivity contribution in [1.82, 2.24) is 0 Å². The third kappa shape index (κ3) is 3.53. The van der Waals surface area contributed by atoms with Crippen molar-refractivity contribution in [3.05, 3.63) is 29.8 Å². The van der Waals surface area contributed by atoms with E-state index in [-0.39, 0.29) is 5.41 Å². The first kappa shape index (κ1) is 14.7. The van der Waals surface area contributed by atoms with Gasteiger partial charge in [0.1, 0.15) is 5.75 Å². The number of alkyl halides is 2. The summed E-state index contributed by atoms with van der Waals surface area (Å²) in [6.45, 7) is 4.34. The molecule has 0 fully saturated rings. The van der Waals surface area contributed by atoms with E-state index in [1.807, 2.05) is 12.1 Å². The molecule has 0 N–H and O–H groups in total. The van der Waals surface area contributed by atoms with Gasteiger partial charge in [0.25, 0.3) is 0 Å². The zero-order chi connectivity index (χ0) is 12.9. The van der Waals surface area contributed by atoms with E-state index in [0.29, 0.717) is 17.7 Å². The topological polar surface area (TPSA) is 9.23 Å². The van der Waals surface area contributed by atoms with E-state index >= 15 is 0 Å². The average molecular weight is 275 g/mol. The molecule has 0 aliphatic carbocycles. The maximum absolute atomic E-state index is 6.13. The minimum atomic E-state index is -0.0462. The molecule has 3 heteroatoms. The fraction of sp³-hybridized carbons (Fsp3) is 0.571. The zero-order valence-electron chi connectivity index (χ0n) is 10.7. The number of methoxy groups -OCH3 is 1. The molecule has 0 aromatic heterocycles. The molecule has 0 heterocycles. The van der Waals surface area contributed by atoms with Crippen LogP contribution in [0.5, 0.6) is 5.75 Å². The summed E-state index contributed by atoms with van der Waals surface area (Å²) >= 11 is 12.3. The van der Waals surface area contributed by atoms with Crippen LogP contribution in [0.15, 0.2) is 24.3 Å². The van der Waals surface area contributed by atoms with Crippen LogP contribution in [0, 0.1) is 11.3 Å². The highest BCUT2D eigenvalue weighted by atomic mass is 35.5. The molecule has 0 unspecified atom stereocenters. The van der Waals surface area contributed by atoms with Gasteiger partial charge in [-0.1, -0.05) is 26.0 Å². The molecule has 0 spiro atoms. The van der Waals surface area contributed by atoms with Crippen molar-refractivity contribution in [3.63, 3.8) is 0 Å². The largest absolute Gasteiger partial charge is 0.497 e. The second kappa shape index (κ2) is 6.51. The molecule has 0 bridgehead atoms. The third-order valence-electron chi connectivity index (χ3n) is 3.45. The summed E-state index contributed by atoms with van der Waals surface area (Å²) < 4.78 is 5.23. The molecule has 1 rings (SSSR count). The fourth-order valence-corrected chi connectivity index (χ4v) is 2.92. The van der Waals surface area contributed by atoms with E-state index in [0.717, 1.165) is 12.2 Å². The molecular formula is C14H20Cl2O. The second-order valence-electron chi connectivity index (χ2n) is 4.81. The van der Waals surface area contributed by atoms with Crippen LogP contribution in [0.2, 0.25) is 0 Å². The first-order valence-electron chi connectivity index (χ1n) is 5.83. The molecule has 0 atom stereocenters. The Labute approximate surface area is 114 Å². The maximum atomic E-state index is 6.13. The number of ether oxygens (including phenoxy) is 1. The number of rotatable bonds is 6. The molecule has 1 aromatic rings. The number of benzene rings is 1. The average Bonchev–Trinajstić information content (AvgIpc) is 2.36. The van der Waals surface area contributed by atoms with Gasteiger partial charge >= 0.3 is 0 Å². The lowest BCUT2D eigenvalue weighted by Gasteiger charge is -2.34. The molecule has 0 aliphatic rings.